The zero-order valence-electron chi connectivity index (χ0n) is 12.0. The highest BCUT2D eigenvalue weighted by atomic mass is 16.2. The van der Waals surface area contributed by atoms with E-state index in [-0.39, 0.29) is 5.41 Å². The van der Waals surface area contributed by atoms with Crippen molar-refractivity contribution >= 4 is 5.91 Å². The SMILES string of the molecule is CCC1(C(=O)N(C)CC2CCCN2C)CCNC1. The lowest BCUT2D eigenvalue weighted by atomic mass is 9.82. The minimum atomic E-state index is -0.133. The number of likely N-dealkylation sites (tertiary alicyclic amines) is 1. The van der Waals surface area contributed by atoms with E-state index in [1.54, 1.807) is 0 Å². The van der Waals surface area contributed by atoms with Gasteiger partial charge in [0.2, 0.25) is 5.91 Å². The van der Waals surface area contributed by atoms with Gasteiger partial charge in [-0.2, -0.15) is 0 Å². The molecule has 1 N–H and O–H groups in total. The Labute approximate surface area is 111 Å². The van der Waals surface area contributed by atoms with Gasteiger partial charge in [-0.3, -0.25) is 4.79 Å². The fraction of sp³-hybridized carbons (Fsp3) is 0.929. The van der Waals surface area contributed by atoms with Crippen molar-refractivity contribution in [2.75, 3.05) is 40.3 Å². The third-order valence-corrected chi connectivity index (χ3v) is 4.88. The Balaban J connectivity index is 1.95. The van der Waals surface area contributed by atoms with E-state index in [1.165, 1.54) is 19.4 Å². The summed E-state index contributed by atoms with van der Waals surface area (Å²) in [6.45, 7) is 6.04. The maximum Gasteiger partial charge on any atom is 0.229 e. The summed E-state index contributed by atoms with van der Waals surface area (Å²) in [4.78, 5) is 17.0. The van der Waals surface area contributed by atoms with Crippen LogP contribution in [0.5, 0.6) is 0 Å². The average Bonchev–Trinajstić information content (AvgIpc) is 2.99. The highest BCUT2D eigenvalue weighted by molar-refractivity contribution is 5.83. The van der Waals surface area contributed by atoms with Gasteiger partial charge in [-0.15, -0.1) is 0 Å². The Morgan fingerprint density at radius 1 is 1.56 bits per heavy atom. The molecule has 2 unspecified atom stereocenters. The van der Waals surface area contributed by atoms with Crippen LogP contribution in [0.4, 0.5) is 0 Å². The first-order valence-corrected chi connectivity index (χ1v) is 7.25. The maximum atomic E-state index is 12.7. The van der Waals surface area contributed by atoms with E-state index in [9.17, 15) is 4.79 Å². The second-order valence-electron chi connectivity index (χ2n) is 6.02. The molecule has 0 aromatic rings. The summed E-state index contributed by atoms with van der Waals surface area (Å²) in [5.74, 6) is 0.343. The number of carbonyl (C=O) groups excluding carboxylic acids is 1. The maximum absolute atomic E-state index is 12.7. The standard InChI is InChI=1S/C14H27N3O/c1-4-14(7-8-15-11-14)13(18)17(3)10-12-6-5-9-16(12)2/h12,15H,4-11H2,1-3H3. The summed E-state index contributed by atoms with van der Waals surface area (Å²) in [5, 5.41) is 3.34. The molecule has 0 saturated carbocycles. The number of hydrogen-bond acceptors (Lipinski definition) is 3. The molecule has 0 aromatic heterocycles. The van der Waals surface area contributed by atoms with Crippen LogP contribution in [0.25, 0.3) is 0 Å². The van der Waals surface area contributed by atoms with E-state index >= 15 is 0 Å². The number of nitrogens with zero attached hydrogens (tertiary/aromatic N) is 2. The monoisotopic (exact) mass is 253 g/mol. The van der Waals surface area contributed by atoms with Gasteiger partial charge in [0.15, 0.2) is 0 Å². The van der Waals surface area contributed by atoms with Crippen molar-refractivity contribution in [2.45, 2.75) is 38.6 Å². The minimum absolute atomic E-state index is 0.133. The van der Waals surface area contributed by atoms with E-state index in [2.05, 4.69) is 24.2 Å². The van der Waals surface area contributed by atoms with Crippen LogP contribution < -0.4 is 5.32 Å². The van der Waals surface area contributed by atoms with Crippen LogP contribution in [0.2, 0.25) is 0 Å². The van der Waals surface area contributed by atoms with E-state index in [1.807, 2.05) is 11.9 Å². The molecule has 2 atom stereocenters. The molecule has 0 aliphatic carbocycles. The molecule has 2 aliphatic rings. The van der Waals surface area contributed by atoms with E-state index in [0.29, 0.717) is 11.9 Å². The van der Waals surface area contributed by atoms with Crippen molar-refractivity contribution in [3.8, 4) is 0 Å². The van der Waals surface area contributed by atoms with Gasteiger partial charge in [0.1, 0.15) is 0 Å². The lowest BCUT2D eigenvalue weighted by Gasteiger charge is -2.33. The van der Waals surface area contributed by atoms with Gasteiger partial charge >= 0.3 is 0 Å². The van der Waals surface area contributed by atoms with Crippen molar-refractivity contribution in [2.24, 2.45) is 5.41 Å². The van der Waals surface area contributed by atoms with Crippen molar-refractivity contribution in [3.63, 3.8) is 0 Å². The first-order valence-electron chi connectivity index (χ1n) is 7.25. The smallest absolute Gasteiger partial charge is 0.229 e. The summed E-state index contributed by atoms with van der Waals surface area (Å²) >= 11 is 0. The quantitative estimate of drug-likeness (QED) is 0.809. The molecule has 0 bridgehead atoms. The Bertz CT molecular complexity index is 299. The van der Waals surface area contributed by atoms with Crippen LogP contribution in [0, 0.1) is 5.41 Å². The fourth-order valence-electron chi connectivity index (χ4n) is 3.39. The molecule has 1 amide bonds. The van der Waals surface area contributed by atoms with Gasteiger partial charge in [-0.05, 0) is 45.8 Å². The summed E-state index contributed by atoms with van der Waals surface area (Å²) in [6.07, 6.45) is 4.44. The van der Waals surface area contributed by atoms with Gasteiger partial charge in [-0.1, -0.05) is 6.92 Å². The predicted octanol–water partition coefficient (Wildman–Crippen LogP) is 0.929. The van der Waals surface area contributed by atoms with Crippen molar-refractivity contribution in [3.05, 3.63) is 0 Å². The number of rotatable bonds is 4. The molecule has 4 nitrogen and oxygen atoms in total. The van der Waals surface area contributed by atoms with Crippen LogP contribution >= 0.6 is 0 Å². The van der Waals surface area contributed by atoms with Crippen LogP contribution in [-0.4, -0.2) is 62.0 Å². The molecule has 104 valence electrons. The van der Waals surface area contributed by atoms with E-state index in [0.717, 1.165) is 32.5 Å². The van der Waals surface area contributed by atoms with Gasteiger partial charge in [0, 0.05) is 26.2 Å². The molecule has 0 spiro atoms. The van der Waals surface area contributed by atoms with Crippen LogP contribution in [0.1, 0.15) is 32.6 Å². The molecule has 4 heteroatoms. The second kappa shape index (κ2) is 5.57. The summed E-state index contributed by atoms with van der Waals surface area (Å²) in [5.41, 5.74) is -0.133. The molecule has 18 heavy (non-hydrogen) atoms. The number of amides is 1. The molecular weight excluding hydrogens is 226 g/mol. The molecule has 0 radical (unpaired) electrons. The molecule has 2 aliphatic heterocycles. The highest BCUT2D eigenvalue weighted by Crippen LogP contribution is 2.31. The predicted molar refractivity (Wildman–Crippen MR) is 73.5 cm³/mol. The summed E-state index contributed by atoms with van der Waals surface area (Å²) in [6, 6.07) is 0.558. The van der Waals surface area contributed by atoms with Crippen LogP contribution in [0.3, 0.4) is 0 Å². The minimum Gasteiger partial charge on any atom is -0.344 e. The largest absolute Gasteiger partial charge is 0.344 e. The normalized spacial score (nSPS) is 32.9. The fourth-order valence-corrected chi connectivity index (χ4v) is 3.39. The molecule has 2 rings (SSSR count). The van der Waals surface area contributed by atoms with Crippen LogP contribution in [0.15, 0.2) is 0 Å². The zero-order valence-corrected chi connectivity index (χ0v) is 12.0. The van der Waals surface area contributed by atoms with Gasteiger partial charge in [0.05, 0.1) is 5.41 Å². The van der Waals surface area contributed by atoms with Gasteiger partial charge < -0.3 is 15.1 Å². The highest BCUT2D eigenvalue weighted by Gasteiger charge is 2.41. The molecule has 2 saturated heterocycles. The Morgan fingerprint density at radius 2 is 2.33 bits per heavy atom. The lowest BCUT2D eigenvalue weighted by Crippen LogP contribution is -2.47. The number of carbonyl (C=O) groups is 1. The second-order valence-corrected chi connectivity index (χ2v) is 6.02. The molecule has 2 fully saturated rings. The van der Waals surface area contributed by atoms with Gasteiger partial charge in [-0.25, -0.2) is 0 Å². The zero-order chi connectivity index (χ0) is 13.2. The number of hydrogen-bond donors (Lipinski definition) is 1. The Kier molecular flexibility index (Phi) is 4.28. The topological polar surface area (TPSA) is 35.6 Å². The van der Waals surface area contributed by atoms with Crippen LogP contribution in [-0.2, 0) is 4.79 Å². The van der Waals surface area contributed by atoms with Gasteiger partial charge in [0.25, 0.3) is 0 Å². The summed E-state index contributed by atoms with van der Waals surface area (Å²) in [7, 11) is 4.15. The van der Waals surface area contributed by atoms with Crippen molar-refractivity contribution in [1.82, 2.24) is 15.1 Å². The number of likely N-dealkylation sites (N-methyl/N-ethyl adjacent to an activating group) is 2. The first kappa shape index (κ1) is 13.8. The van der Waals surface area contributed by atoms with Crippen molar-refractivity contribution in [1.29, 1.82) is 0 Å². The number of nitrogens with one attached hydrogen (secondary N) is 1. The van der Waals surface area contributed by atoms with Crippen molar-refractivity contribution < 1.29 is 4.79 Å². The Morgan fingerprint density at radius 3 is 2.83 bits per heavy atom. The third-order valence-electron chi connectivity index (χ3n) is 4.88. The third kappa shape index (κ3) is 2.54. The van der Waals surface area contributed by atoms with E-state index < -0.39 is 0 Å². The summed E-state index contributed by atoms with van der Waals surface area (Å²) < 4.78 is 0. The lowest BCUT2D eigenvalue weighted by molar-refractivity contribution is -0.140. The van der Waals surface area contributed by atoms with E-state index in [4.69, 9.17) is 0 Å². The molecular formula is C14H27N3O. The first-order chi connectivity index (χ1) is 8.59. The Hall–Kier alpha value is -0.610. The molecule has 0 aromatic carbocycles. The average molecular weight is 253 g/mol. The molecule has 2 heterocycles.